The molecule has 3 aromatic rings. The average Bonchev–Trinajstić information content (AvgIpc) is 3.29. The number of hydrogen-bond donors (Lipinski definition) is 1. The van der Waals surface area contributed by atoms with E-state index in [1.165, 1.54) is 16.9 Å². The predicted octanol–water partition coefficient (Wildman–Crippen LogP) is 3.76. The van der Waals surface area contributed by atoms with Gasteiger partial charge in [-0.1, -0.05) is 18.2 Å². The Bertz CT molecular complexity index is 893. The maximum atomic E-state index is 12.0. The van der Waals surface area contributed by atoms with E-state index < -0.39 is 0 Å². The molecule has 0 atom stereocenters. The molecule has 0 aliphatic carbocycles. The number of aromatic nitrogens is 1. The van der Waals surface area contributed by atoms with E-state index >= 15 is 0 Å². The zero-order valence-electron chi connectivity index (χ0n) is 13.4. The van der Waals surface area contributed by atoms with Crippen molar-refractivity contribution in [2.75, 3.05) is 18.5 Å². The molecular weight excluding hydrogens is 336 g/mol. The SMILES string of the molecule is O=C(COc1ccccc1)Nc1nc(-c2ccc3c(c2)CCO3)cs1. The third-order valence-corrected chi connectivity index (χ3v) is 4.61. The van der Waals surface area contributed by atoms with E-state index in [4.69, 9.17) is 9.47 Å². The number of carbonyl (C=O) groups excluding carboxylic acids is 1. The fourth-order valence-electron chi connectivity index (χ4n) is 2.63. The molecule has 4 rings (SSSR count). The van der Waals surface area contributed by atoms with Gasteiger partial charge in [0.05, 0.1) is 12.3 Å². The van der Waals surface area contributed by atoms with Crippen molar-refractivity contribution in [3.8, 4) is 22.8 Å². The molecule has 1 aliphatic heterocycles. The van der Waals surface area contributed by atoms with Gasteiger partial charge in [-0.25, -0.2) is 4.98 Å². The molecular formula is C19H16N2O3S. The third-order valence-electron chi connectivity index (χ3n) is 3.85. The van der Waals surface area contributed by atoms with Gasteiger partial charge < -0.3 is 9.47 Å². The lowest BCUT2D eigenvalue weighted by Crippen LogP contribution is -2.19. The molecule has 5 nitrogen and oxygen atoms in total. The highest BCUT2D eigenvalue weighted by molar-refractivity contribution is 7.14. The number of para-hydroxylation sites is 1. The summed E-state index contributed by atoms with van der Waals surface area (Å²) >= 11 is 1.40. The quantitative estimate of drug-likeness (QED) is 0.759. The Morgan fingerprint density at radius 2 is 2.12 bits per heavy atom. The van der Waals surface area contributed by atoms with Crippen LogP contribution in [0.4, 0.5) is 5.13 Å². The van der Waals surface area contributed by atoms with Gasteiger partial charge in [0, 0.05) is 17.4 Å². The van der Waals surface area contributed by atoms with Crippen LogP contribution in [-0.2, 0) is 11.2 Å². The van der Waals surface area contributed by atoms with Crippen LogP contribution in [0.25, 0.3) is 11.3 Å². The summed E-state index contributed by atoms with van der Waals surface area (Å²) in [7, 11) is 0. The molecule has 0 fully saturated rings. The second-order valence-electron chi connectivity index (χ2n) is 5.61. The molecule has 0 radical (unpaired) electrons. The molecule has 1 N–H and O–H groups in total. The highest BCUT2D eigenvalue weighted by Crippen LogP contribution is 2.31. The van der Waals surface area contributed by atoms with Crippen LogP contribution in [0.5, 0.6) is 11.5 Å². The van der Waals surface area contributed by atoms with Crippen LogP contribution >= 0.6 is 11.3 Å². The summed E-state index contributed by atoms with van der Waals surface area (Å²) in [6, 6.07) is 15.3. The first kappa shape index (κ1) is 15.7. The summed E-state index contributed by atoms with van der Waals surface area (Å²) < 4.78 is 11.0. The average molecular weight is 352 g/mol. The lowest BCUT2D eigenvalue weighted by Gasteiger charge is -2.05. The number of ether oxygens (including phenoxy) is 2. The normalized spacial score (nSPS) is 12.3. The van der Waals surface area contributed by atoms with Crippen LogP contribution in [0, 0.1) is 0 Å². The van der Waals surface area contributed by atoms with E-state index in [2.05, 4.69) is 16.4 Å². The highest BCUT2D eigenvalue weighted by Gasteiger charge is 2.14. The van der Waals surface area contributed by atoms with E-state index in [1.807, 2.05) is 47.8 Å². The van der Waals surface area contributed by atoms with Gasteiger partial charge in [-0.05, 0) is 35.9 Å². The number of carbonyl (C=O) groups is 1. The van der Waals surface area contributed by atoms with Gasteiger partial charge in [0.25, 0.3) is 5.91 Å². The van der Waals surface area contributed by atoms with Gasteiger partial charge in [0.1, 0.15) is 11.5 Å². The summed E-state index contributed by atoms with van der Waals surface area (Å²) in [4.78, 5) is 16.5. The van der Waals surface area contributed by atoms with Crippen molar-refractivity contribution in [1.82, 2.24) is 4.98 Å². The van der Waals surface area contributed by atoms with E-state index in [1.54, 1.807) is 0 Å². The highest BCUT2D eigenvalue weighted by atomic mass is 32.1. The van der Waals surface area contributed by atoms with Crippen LogP contribution < -0.4 is 14.8 Å². The van der Waals surface area contributed by atoms with Gasteiger partial charge in [-0.15, -0.1) is 11.3 Å². The lowest BCUT2D eigenvalue weighted by atomic mass is 10.1. The molecule has 2 aromatic carbocycles. The van der Waals surface area contributed by atoms with Crippen molar-refractivity contribution < 1.29 is 14.3 Å². The van der Waals surface area contributed by atoms with Crippen LogP contribution in [0.1, 0.15) is 5.56 Å². The maximum Gasteiger partial charge on any atom is 0.264 e. The number of hydrogen-bond acceptors (Lipinski definition) is 5. The molecule has 1 aromatic heterocycles. The van der Waals surface area contributed by atoms with Crippen LogP contribution in [0.2, 0.25) is 0 Å². The molecule has 0 bridgehead atoms. The van der Waals surface area contributed by atoms with Gasteiger partial charge in [0.2, 0.25) is 0 Å². The van der Waals surface area contributed by atoms with Crippen molar-refractivity contribution >= 4 is 22.4 Å². The smallest absolute Gasteiger partial charge is 0.264 e. The minimum atomic E-state index is -0.230. The van der Waals surface area contributed by atoms with E-state index in [9.17, 15) is 4.79 Å². The summed E-state index contributed by atoms with van der Waals surface area (Å²) in [5.74, 6) is 1.38. The van der Waals surface area contributed by atoms with Crippen LogP contribution in [-0.4, -0.2) is 24.1 Å². The van der Waals surface area contributed by atoms with E-state index in [-0.39, 0.29) is 12.5 Å². The standard InChI is InChI=1S/C19H16N2O3S/c22-18(11-24-15-4-2-1-3-5-15)21-19-20-16(12-25-19)13-6-7-17-14(10-13)8-9-23-17/h1-7,10,12H,8-9,11H2,(H,20,21,22). The molecule has 0 saturated carbocycles. The zero-order chi connectivity index (χ0) is 17.1. The third kappa shape index (κ3) is 3.64. The number of amides is 1. The van der Waals surface area contributed by atoms with Gasteiger partial charge in [0.15, 0.2) is 11.7 Å². The van der Waals surface area contributed by atoms with Crippen molar-refractivity contribution in [2.24, 2.45) is 0 Å². The molecule has 25 heavy (non-hydrogen) atoms. The Morgan fingerprint density at radius 3 is 3.00 bits per heavy atom. The van der Waals surface area contributed by atoms with Crippen molar-refractivity contribution in [1.29, 1.82) is 0 Å². The summed E-state index contributed by atoms with van der Waals surface area (Å²) in [5.41, 5.74) is 3.08. The fourth-order valence-corrected chi connectivity index (χ4v) is 3.37. The predicted molar refractivity (Wildman–Crippen MR) is 97.3 cm³/mol. The number of anilines is 1. The van der Waals surface area contributed by atoms with Crippen molar-refractivity contribution in [3.63, 3.8) is 0 Å². The lowest BCUT2D eigenvalue weighted by molar-refractivity contribution is -0.118. The molecule has 1 amide bonds. The van der Waals surface area contributed by atoms with Crippen molar-refractivity contribution in [2.45, 2.75) is 6.42 Å². The number of nitrogens with one attached hydrogen (secondary N) is 1. The van der Waals surface area contributed by atoms with E-state index in [0.29, 0.717) is 10.9 Å². The van der Waals surface area contributed by atoms with Gasteiger partial charge >= 0.3 is 0 Å². The Labute approximate surface area is 149 Å². The Kier molecular flexibility index (Phi) is 4.35. The van der Waals surface area contributed by atoms with Crippen LogP contribution in [0.3, 0.4) is 0 Å². The summed E-state index contributed by atoms with van der Waals surface area (Å²) in [6.45, 7) is 0.688. The van der Waals surface area contributed by atoms with Crippen LogP contribution in [0.15, 0.2) is 53.9 Å². The van der Waals surface area contributed by atoms with E-state index in [0.717, 1.165) is 30.0 Å². The molecule has 0 saturated heterocycles. The second kappa shape index (κ2) is 6.94. The largest absolute Gasteiger partial charge is 0.493 e. The molecule has 0 unspecified atom stereocenters. The number of fused-ring (bicyclic) bond motifs is 1. The monoisotopic (exact) mass is 352 g/mol. The second-order valence-corrected chi connectivity index (χ2v) is 6.47. The zero-order valence-corrected chi connectivity index (χ0v) is 14.2. The van der Waals surface area contributed by atoms with Crippen molar-refractivity contribution in [3.05, 3.63) is 59.5 Å². The van der Waals surface area contributed by atoms with Gasteiger partial charge in [-0.2, -0.15) is 0 Å². The number of nitrogens with zero attached hydrogens (tertiary/aromatic N) is 1. The number of benzene rings is 2. The molecule has 2 heterocycles. The first-order valence-electron chi connectivity index (χ1n) is 7.97. The summed E-state index contributed by atoms with van der Waals surface area (Å²) in [5, 5.41) is 5.27. The Hall–Kier alpha value is -2.86. The first-order chi connectivity index (χ1) is 12.3. The fraction of sp³-hybridized carbons (Fsp3) is 0.158. The number of rotatable bonds is 5. The Balaban J connectivity index is 1.39. The topological polar surface area (TPSA) is 60.5 Å². The van der Waals surface area contributed by atoms with Gasteiger partial charge in [-0.3, -0.25) is 10.1 Å². The Morgan fingerprint density at radius 1 is 1.24 bits per heavy atom. The minimum absolute atomic E-state index is 0.0465. The minimum Gasteiger partial charge on any atom is -0.493 e. The number of thiazole rings is 1. The first-order valence-corrected chi connectivity index (χ1v) is 8.85. The summed E-state index contributed by atoms with van der Waals surface area (Å²) in [6.07, 6.45) is 0.924. The molecule has 0 spiro atoms. The maximum absolute atomic E-state index is 12.0. The molecule has 126 valence electrons. The molecule has 6 heteroatoms. The molecule has 1 aliphatic rings.